The molecule has 0 bridgehead atoms. The second kappa shape index (κ2) is 7.78. The molecule has 0 radical (unpaired) electrons. The number of amides is 1. The number of hydrogen-bond donors (Lipinski definition) is 1. The molecule has 1 amide bonds. The SMILES string of the molecule is CCn1c([C@H](CC(C)C)NC(=O)Cc2cccs2)nc2cccnc21. The maximum absolute atomic E-state index is 12.5. The number of imidazole rings is 1. The van der Waals surface area contributed by atoms with E-state index in [2.05, 4.69) is 35.6 Å². The van der Waals surface area contributed by atoms with Gasteiger partial charge in [-0.3, -0.25) is 4.79 Å². The molecule has 0 aliphatic rings. The van der Waals surface area contributed by atoms with Crippen molar-refractivity contribution in [1.29, 1.82) is 0 Å². The number of aromatic nitrogens is 3. The van der Waals surface area contributed by atoms with Gasteiger partial charge in [0.2, 0.25) is 5.91 Å². The molecule has 3 rings (SSSR count). The summed E-state index contributed by atoms with van der Waals surface area (Å²) in [6.07, 6.45) is 3.04. The number of pyridine rings is 1. The van der Waals surface area contributed by atoms with Crippen LogP contribution < -0.4 is 5.32 Å². The van der Waals surface area contributed by atoms with Crippen molar-refractivity contribution in [2.24, 2.45) is 5.92 Å². The summed E-state index contributed by atoms with van der Waals surface area (Å²) >= 11 is 1.61. The number of rotatable bonds is 7. The first-order valence-electron chi connectivity index (χ1n) is 8.71. The van der Waals surface area contributed by atoms with E-state index < -0.39 is 0 Å². The maximum atomic E-state index is 12.5. The van der Waals surface area contributed by atoms with Crippen LogP contribution in [0.5, 0.6) is 0 Å². The van der Waals surface area contributed by atoms with Crippen LogP contribution in [0.2, 0.25) is 0 Å². The molecule has 3 aromatic heterocycles. The first kappa shape index (κ1) is 17.6. The zero-order valence-electron chi connectivity index (χ0n) is 14.9. The summed E-state index contributed by atoms with van der Waals surface area (Å²) in [7, 11) is 0. The molecule has 1 atom stereocenters. The summed E-state index contributed by atoms with van der Waals surface area (Å²) in [4.78, 5) is 22.8. The van der Waals surface area contributed by atoms with E-state index in [1.165, 1.54) is 0 Å². The van der Waals surface area contributed by atoms with Crippen molar-refractivity contribution in [3.05, 3.63) is 46.5 Å². The van der Waals surface area contributed by atoms with Gasteiger partial charge in [-0.25, -0.2) is 9.97 Å². The minimum atomic E-state index is -0.110. The Bertz CT molecular complexity index is 838. The van der Waals surface area contributed by atoms with Crippen LogP contribution in [0.15, 0.2) is 35.8 Å². The Hall–Kier alpha value is -2.21. The average Bonchev–Trinajstić information content (AvgIpc) is 3.20. The Kier molecular flexibility index (Phi) is 5.48. The van der Waals surface area contributed by atoms with Crippen LogP contribution in [0.1, 0.15) is 43.9 Å². The highest BCUT2D eigenvalue weighted by molar-refractivity contribution is 7.10. The molecule has 25 heavy (non-hydrogen) atoms. The van der Waals surface area contributed by atoms with Gasteiger partial charge in [-0.05, 0) is 42.8 Å². The minimum Gasteiger partial charge on any atom is -0.346 e. The lowest BCUT2D eigenvalue weighted by Gasteiger charge is -2.21. The fraction of sp³-hybridized carbons (Fsp3) is 0.421. The number of carbonyl (C=O) groups is 1. The summed E-state index contributed by atoms with van der Waals surface area (Å²) < 4.78 is 2.10. The lowest BCUT2D eigenvalue weighted by atomic mass is 10.0. The molecule has 0 saturated heterocycles. The Labute approximate surface area is 152 Å². The van der Waals surface area contributed by atoms with E-state index in [1.54, 1.807) is 17.5 Å². The third-order valence-electron chi connectivity index (χ3n) is 4.12. The standard InChI is InChI=1S/C19H24N4OS/c1-4-23-18-15(8-5-9-20-18)22-19(23)16(11-13(2)3)21-17(24)12-14-7-6-10-25-14/h5-10,13,16H,4,11-12H2,1-3H3,(H,21,24)/t16-/m0/s1. The number of aryl methyl sites for hydroxylation is 1. The summed E-state index contributed by atoms with van der Waals surface area (Å²) in [5, 5.41) is 5.19. The number of carbonyl (C=O) groups excluding carboxylic acids is 1. The van der Waals surface area contributed by atoms with Crippen LogP contribution in [-0.4, -0.2) is 20.4 Å². The van der Waals surface area contributed by atoms with Gasteiger partial charge in [-0.15, -0.1) is 11.3 Å². The second-order valence-corrected chi connectivity index (χ2v) is 7.60. The van der Waals surface area contributed by atoms with Crippen LogP contribution in [0, 0.1) is 5.92 Å². The van der Waals surface area contributed by atoms with Crippen LogP contribution >= 0.6 is 11.3 Å². The number of nitrogens with zero attached hydrogens (tertiary/aromatic N) is 3. The summed E-state index contributed by atoms with van der Waals surface area (Å²) in [6.45, 7) is 7.18. The Morgan fingerprint density at radius 2 is 2.16 bits per heavy atom. The van der Waals surface area contributed by atoms with Gasteiger partial charge in [0.25, 0.3) is 0 Å². The lowest BCUT2D eigenvalue weighted by Crippen LogP contribution is -2.32. The fourth-order valence-electron chi connectivity index (χ4n) is 3.07. The summed E-state index contributed by atoms with van der Waals surface area (Å²) in [6, 6.07) is 7.72. The predicted octanol–water partition coefficient (Wildman–Crippen LogP) is 3.96. The average molecular weight is 356 g/mol. The van der Waals surface area contributed by atoms with Crippen molar-refractivity contribution in [3.8, 4) is 0 Å². The van der Waals surface area contributed by atoms with Gasteiger partial charge in [-0.2, -0.15) is 0 Å². The van der Waals surface area contributed by atoms with Gasteiger partial charge < -0.3 is 9.88 Å². The van der Waals surface area contributed by atoms with Crippen molar-refractivity contribution in [2.45, 2.75) is 46.2 Å². The molecule has 3 aromatic rings. The second-order valence-electron chi connectivity index (χ2n) is 6.57. The van der Waals surface area contributed by atoms with Crippen molar-refractivity contribution >= 4 is 28.4 Å². The van der Waals surface area contributed by atoms with Crippen LogP contribution in [0.3, 0.4) is 0 Å². The molecular formula is C19H24N4OS. The highest BCUT2D eigenvalue weighted by Crippen LogP contribution is 2.25. The van der Waals surface area contributed by atoms with Gasteiger partial charge in [0.05, 0.1) is 12.5 Å². The Balaban J connectivity index is 1.89. The molecule has 0 fully saturated rings. The molecule has 3 heterocycles. The largest absolute Gasteiger partial charge is 0.346 e. The predicted molar refractivity (Wildman–Crippen MR) is 102 cm³/mol. The van der Waals surface area contributed by atoms with Gasteiger partial charge in [0, 0.05) is 17.6 Å². The smallest absolute Gasteiger partial charge is 0.225 e. The zero-order valence-corrected chi connectivity index (χ0v) is 15.7. The van der Waals surface area contributed by atoms with E-state index >= 15 is 0 Å². The van der Waals surface area contributed by atoms with Gasteiger partial charge in [0.1, 0.15) is 11.3 Å². The molecular weight excluding hydrogens is 332 g/mol. The molecule has 0 saturated carbocycles. The molecule has 132 valence electrons. The van der Waals surface area contributed by atoms with Crippen molar-refractivity contribution in [2.75, 3.05) is 0 Å². The molecule has 0 aromatic carbocycles. The summed E-state index contributed by atoms with van der Waals surface area (Å²) in [5.74, 6) is 1.38. The Morgan fingerprint density at radius 3 is 2.84 bits per heavy atom. The van der Waals surface area contributed by atoms with Gasteiger partial charge in [-0.1, -0.05) is 19.9 Å². The highest BCUT2D eigenvalue weighted by atomic mass is 32.1. The molecule has 0 unspecified atom stereocenters. The fourth-order valence-corrected chi connectivity index (χ4v) is 3.77. The van der Waals surface area contributed by atoms with Crippen LogP contribution in [0.25, 0.3) is 11.2 Å². The highest BCUT2D eigenvalue weighted by Gasteiger charge is 2.23. The number of nitrogens with one attached hydrogen (secondary N) is 1. The third kappa shape index (κ3) is 4.07. The summed E-state index contributed by atoms with van der Waals surface area (Å²) in [5.41, 5.74) is 1.75. The molecule has 0 aliphatic heterocycles. The molecule has 5 nitrogen and oxygen atoms in total. The minimum absolute atomic E-state index is 0.0377. The lowest BCUT2D eigenvalue weighted by molar-refractivity contribution is -0.121. The zero-order chi connectivity index (χ0) is 17.8. The monoisotopic (exact) mass is 356 g/mol. The topological polar surface area (TPSA) is 59.8 Å². The van der Waals surface area contributed by atoms with E-state index in [4.69, 9.17) is 4.98 Å². The molecule has 1 N–H and O–H groups in total. The Morgan fingerprint density at radius 1 is 1.32 bits per heavy atom. The number of hydrogen-bond acceptors (Lipinski definition) is 4. The normalized spacial score (nSPS) is 12.6. The van der Waals surface area contributed by atoms with Crippen LogP contribution in [-0.2, 0) is 17.8 Å². The molecule has 6 heteroatoms. The van der Waals surface area contributed by atoms with Crippen LogP contribution in [0.4, 0.5) is 0 Å². The van der Waals surface area contributed by atoms with E-state index in [-0.39, 0.29) is 11.9 Å². The van der Waals surface area contributed by atoms with E-state index in [1.807, 2.05) is 29.6 Å². The number of fused-ring (bicyclic) bond motifs is 1. The van der Waals surface area contributed by atoms with Crippen molar-refractivity contribution < 1.29 is 4.79 Å². The molecule has 0 aliphatic carbocycles. The van der Waals surface area contributed by atoms with E-state index in [9.17, 15) is 4.79 Å². The third-order valence-corrected chi connectivity index (χ3v) is 4.99. The van der Waals surface area contributed by atoms with Gasteiger partial charge in [0.15, 0.2) is 5.65 Å². The first-order chi connectivity index (χ1) is 12.1. The van der Waals surface area contributed by atoms with Crippen molar-refractivity contribution in [1.82, 2.24) is 19.9 Å². The quantitative estimate of drug-likeness (QED) is 0.697. The molecule has 0 spiro atoms. The first-order valence-corrected chi connectivity index (χ1v) is 9.59. The maximum Gasteiger partial charge on any atom is 0.225 e. The van der Waals surface area contributed by atoms with E-state index in [0.29, 0.717) is 12.3 Å². The van der Waals surface area contributed by atoms with Crippen molar-refractivity contribution in [3.63, 3.8) is 0 Å². The van der Waals surface area contributed by atoms with Gasteiger partial charge >= 0.3 is 0 Å². The van der Waals surface area contributed by atoms with E-state index in [0.717, 1.165) is 34.8 Å². The number of thiophene rings is 1.